The van der Waals surface area contributed by atoms with Gasteiger partial charge in [-0.3, -0.25) is 9.69 Å². The van der Waals surface area contributed by atoms with Crippen LogP contribution >= 0.6 is 11.8 Å². The number of carbonyl (C=O) groups is 1. The molecule has 4 nitrogen and oxygen atoms in total. The Morgan fingerprint density at radius 3 is 3.00 bits per heavy atom. The van der Waals surface area contributed by atoms with Crippen molar-refractivity contribution in [3.63, 3.8) is 0 Å². The molecule has 16 heavy (non-hydrogen) atoms. The van der Waals surface area contributed by atoms with Gasteiger partial charge in [-0.1, -0.05) is 0 Å². The standard InChI is InChI=1S/C11H22N2O2S/c1-16-9-2-4-10(11(14)15)13-7-3-5-12-6-8-13/h10,12H,2-9H2,1H3,(H,14,15). The number of aliphatic carboxylic acids is 1. The van der Waals surface area contributed by atoms with Crippen molar-refractivity contribution in [2.75, 3.05) is 38.2 Å². The van der Waals surface area contributed by atoms with Gasteiger partial charge in [0, 0.05) is 19.6 Å². The fourth-order valence-electron chi connectivity index (χ4n) is 2.06. The number of rotatable bonds is 6. The molecule has 0 aliphatic carbocycles. The molecule has 1 saturated heterocycles. The highest BCUT2D eigenvalue weighted by atomic mass is 32.2. The first kappa shape index (κ1) is 13.8. The maximum atomic E-state index is 11.2. The first-order valence-electron chi connectivity index (χ1n) is 5.92. The molecule has 1 atom stereocenters. The fourth-order valence-corrected chi connectivity index (χ4v) is 2.52. The zero-order valence-electron chi connectivity index (χ0n) is 9.95. The van der Waals surface area contributed by atoms with Crippen LogP contribution in [-0.4, -0.2) is 60.2 Å². The molecule has 0 aromatic rings. The van der Waals surface area contributed by atoms with Crippen LogP contribution in [0.4, 0.5) is 0 Å². The number of carboxylic acids is 1. The highest BCUT2D eigenvalue weighted by Crippen LogP contribution is 2.11. The lowest BCUT2D eigenvalue weighted by molar-refractivity contribution is -0.143. The summed E-state index contributed by atoms with van der Waals surface area (Å²) in [5.74, 6) is 0.388. The zero-order valence-corrected chi connectivity index (χ0v) is 10.8. The van der Waals surface area contributed by atoms with Crippen molar-refractivity contribution in [2.45, 2.75) is 25.3 Å². The lowest BCUT2D eigenvalue weighted by atomic mass is 10.1. The summed E-state index contributed by atoms with van der Waals surface area (Å²) in [6.07, 6.45) is 4.87. The Kier molecular flexibility index (Phi) is 6.84. The minimum absolute atomic E-state index is 0.285. The normalized spacial score (nSPS) is 20.3. The first-order chi connectivity index (χ1) is 7.75. The first-order valence-corrected chi connectivity index (χ1v) is 7.31. The van der Waals surface area contributed by atoms with Gasteiger partial charge in [0.2, 0.25) is 0 Å². The predicted octanol–water partition coefficient (Wildman–Crippen LogP) is 0.878. The van der Waals surface area contributed by atoms with Crippen LogP contribution in [0.1, 0.15) is 19.3 Å². The molecule has 94 valence electrons. The molecule has 1 unspecified atom stereocenters. The van der Waals surface area contributed by atoms with E-state index in [1.54, 1.807) is 11.8 Å². The Labute approximate surface area is 102 Å². The van der Waals surface area contributed by atoms with E-state index in [-0.39, 0.29) is 6.04 Å². The van der Waals surface area contributed by atoms with Crippen molar-refractivity contribution >= 4 is 17.7 Å². The molecule has 0 radical (unpaired) electrons. The number of nitrogens with one attached hydrogen (secondary N) is 1. The monoisotopic (exact) mass is 246 g/mol. The van der Waals surface area contributed by atoms with Crippen molar-refractivity contribution in [1.29, 1.82) is 0 Å². The summed E-state index contributed by atoms with van der Waals surface area (Å²) in [5, 5.41) is 12.5. The van der Waals surface area contributed by atoms with E-state index in [1.165, 1.54) is 0 Å². The number of hydrogen-bond donors (Lipinski definition) is 2. The van der Waals surface area contributed by atoms with E-state index in [0.29, 0.717) is 0 Å². The summed E-state index contributed by atoms with van der Waals surface area (Å²) < 4.78 is 0. The van der Waals surface area contributed by atoms with Crippen LogP contribution in [0.15, 0.2) is 0 Å². The van der Waals surface area contributed by atoms with Crippen LogP contribution in [0.5, 0.6) is 0 Å². The smallest absolute Gasteiger partial charge is 0.320 e. The van der Waals surface area contributed by atoms with Gasteiger partial charge in [0.15, 0.2) is 0 Å². The second kappa shape index (κ2) is 7.92. The van der Waals surface area contributed by atoms with E-state index < -0.39 is 5.97 Å². The maximum Gasteiger partial charge on any atom is 0.320 e. The molecule has 1 aliphatic rings. The highest BCUT2D eigenvalue weighted by Gasteiger charge is 2.25. The third-order valence-electron chi connectivity index (χ3n) is 2.93. The van der Waals surface area contributed by atoms with E-state index in [9.17, 15) is 9.90 Å². The summed E-state index contributed by atoms with van der Waals surface area (Å²) >= 11 is 1.78. The highest BCUT2D eigenvalue weighted by molar-refractivity contribution is 7.98. The Hall–Kier alpha value is -0.260. The summed E-state index contributed by atoms with van der Waals surface area (Å²) in [5.41, 5.74) is 0. The molecule has 5 heteroatoms. The van der Waals surface area contributed by atoms with Crippen LogP contribution in [0.3, 0.4) is 0 Å². The van der Waals surface area contributed by atoms with Crippen molar-refractivity contribution in [2.24, 2.45) is 0 Å². The summed E-state index contributed by atoms with van der Waals surface area (Å²) in [6.45, 7) is 3.68. The van der Waals surface area contributed by atoms with Crippen LogP contribution in [0, 0.1) is 0 Å². The lowest BCUT2D eigenvalue weighted by Gasteiger charge is -2.26. The van der Waals surface area contributed by atoms with Gasteiger partial charge in [-0.15, -0.1) is 0 Å². The Bertz CT molecular complexity index is 206. The minimum atomic E-state index is -0.664. The second-order valence-corrected chi connectivity index (χ2v) is 5.11. The van der Waals surface area contributed by atoms with Crippen LogP contribution in [0.25, 0.3) is 0 Å². The van der Waals surface area contributed by atoms with Gasteiger partial charge in [0.05, 0.1) is 0 Å². The van der Waals surface area contributed by atoms with Crippen LogP contribution in [0.2, 0.25) is 0 Å². The molecule has 0 bridgehead atoms. The van der Waals surface area contributed by atoms with Gasteiger partial charge in [0.25, 0.3) is 0 Å². The number of nitrogens with zero attached hydrogens (tertiary/aromatic N) is 1. The topological polar surface area (TPSA) is 52.6 Å². The quantitative estimate of drug-likeness (QED) is 0.681. The third-order valence-corrected chi connectivity index (χ3v) is 3.62. The fraction of sp³-hybridized carbons (Fsp3) is 0.909. The minimum Gasteiger partial charge on any atom is -0.480 e. The van der Waals surface area contributed by atoms with Gasteiger partial charge < -0.3 is 10.4 Å². The molecule has 0 saturated carbocycles. The molecule has 0 amide bonds. The Morgan fingerprint density at radius 2 is 2.31 bits per heavy atom. The van der Waals surface area contributed by atoms with Crippen LogP contribution in [-0.2, 0) is 4.79 Å². The molecule has 0 aromatic heterocycles. The van der Waals surface area contributed by atoms with Crippen LogP contribution < -0.4 is 5.32 Å². The molecule has 1 rings (SSSR count). The molecular formula is C11H22N2O2S. The summed E-state index contributed by atoms with van der Waals surface area (Å²) in [6, 6.07) is -0.285. The lowest BCUT2D eigenvalue weighted by Crippen LogP contribution is -2.43. The SMILES string of the molecule is CSCCCC(C(=O)O)N1CCCNCC1. The average molecular weight is 246 g/mol. The molecule has 1 fully saturated rings. The molecule has 2 N–H and O–H groups in total. The molecule has 1 aliphatic heterocycles. The van der Waals surface area contributed by atoms with Crippen molar-refractivity contribution in [3.8, 4) is 0 Å². The van der Waals surface area contributed by atoms with E-state index >= 15 is 0 Å². The number of thioether (sulfide) groups is 1. The van der Waals surface area contributed by atoms with E-state index in [4.69, 9.17) is 0 Å². The number of carboxylic acid groups (broad SMARTS) is 1. The van der Waals surface area contributed by atoms with Gasteiger partial charge in [-0.2, -0.15) is 11.8 Å². The third kappa shape index (κ3) is 4.72. The summed E-state index contributed by atoms with van der Waals surface area (Å²) in [7, 11) is 0. The zero-order chi connectivity index (χ0) is 11.8. The number of hydrogen-bond acceptors (Lipinski definition) is 4. The summed E-state index contributed by atoms with van der Waals surface area (Å²) in [4.78, 5) is 13.4. The van der Waals surface area contributed by atoms with Gasteiger partial charge in [-0.05, 0) is 37.8 Å². The molecule has 0 spiro atoms. The van der Waals surface area contributed by atoms with Crippen molar-refractivity contribution in [3.05, 3.63) is 0 Å². The Balaban J connectivity index is 2.43. The second-order valence-electron chi connectivity index (χ2n) is 4.13. The van der Waals surface area contributed by atoms with Gasteiger partial charge in [0.1, 0.15) is 6.04 Å². The molecular weight excluding hydrogens is 224 g/mol. The van der Waals surface area contributed by atoms with E-state index in [2.05, 4.69) is 16.5 Å². The Morgan fingerprint density at radius 1 is 1.50 bits per heavy atom. The van der Waals surface area contributed by atoms with Gasteiger partial charge >= 0.3 is 5.97 Å². The van der Waals surface area contributed by atoms with Gasteiger partial charge in [-0.25, -0.2) is 0 Å². The average Bonchev–Trinajstić information content (AvgIpc) is 2.52. The predicted molar refractivity (Wildman–Crippen MR) is 68.1 cm³/mol. The van der Waals surface area contributed by atoms with Crippen molar-refractivity contribution < 1.29 is 9.90 Å². The van der Waals surface area contributed by atoms with E-state index in [1.807, 2.05) is 0 Å². The maximum absolute atomic E-state index is 11.2. The largest absolute Gasteiger partial charge is 0.480 e. The molecule has 0 aromatic carbocycles. The van der Waals surface area contributed by atoms with Crippen molar-refractivity contribution in [1.82, 2.24) is 10.2 Å². The van der Waals surface area contributed by atoms with E-state index in [0.717, 1.165) is 51.2 Å². The molecule has 1 heterocycles.